The number of piperazine rings is 1. The minimum atomic E-state index is -0.920. The highest BCUT2D eigenvalue weighted by Crippen LogP contribution is 2.36. The van der Waals surface area contributed by atoms with E-state index in [-0.39, 0.29) is 0 Å². The van der Waals surface area contributed by atoms with Crippen LogP contribution >= 0.6 is 11.3 Å². The Morgan fingerprint density at radius 3 is 2.79 bits per heavy atom. The number of hydrogen-bond acceptors (Lipinski definition) is 7. The number of anilines is 1. The van der Waals surface area contributed by atoms with Crippen molar-refractivity contribution in [1.82, 2.24) is 9.88 Å². The van der Waals surface area contributed by atoms with Crippen molar-refractivity contribution in [3.63, 3.8) is 0 Å². The molecule has 1 unspecified atom stereocenters. The van der Waals surface area contributed by atoms with E-state index in [1.54, 1.807) is 11.3 Å². The molecule has 0 radical (unpaired) electrons. The van der Waals surface area contributed by atoms with E-state index in [1.807, 2.05) is 19.1 Å². The van der Waals surface area contributed by atoms with Gasteiger partial charge in [0.05, 0.1) is 12.3 Å². The third-order valence-corrected chi connectivity index (χ3v) is 7.64. The number of ether oxygens (including phenoxy) is 2. The average Bonchev–Trinajstić information content (AvgIpc) is 3.20. The lowest BCUT2D eigenvalue weighted by atomic mass is 9.87. The second-order valence-electron chi connectivity index (χ2n) is 8.92. The summed E-state index contributed by atoms with van der Waals surface area (Å²) in [6.07, 6.45) is 4.22. The topological polar surface area (TPSA) is 75.1 Å². The predicted molar refractivity (Wildman–Crippen MR) is 136 cm³/mol. The van der Waals surface area contributed by atoms with E-state index in [1.165, 1.54) is 4.88 Å². The first-order chi connectivity index (χ1) is 16.5. The van der Waals surface area contributed by atoms with Crippen molar-refractivity contribution >= 4 is 28.0 Å². The quantitative estimate of drug-likeness (QED) is 0.544. The Labute approximate surface area is 206 Å². The molecule has 1 aliphatic heterocycles. The van der Waals surface area contributed by atoms with Crippen LogP contribution in [0.4, 0.5) is 5.13 Å². The van der Waals surface area contributed by atoms with Crippen LogP contribution in [-0.4, -0.2) is 73.5 Å². The number of rotatable bonds is 10. The summed E-state index contributed by atoms with van der Waals surface area (Å²) in [7, 11) is 2.16. The first-order valence-corrected chi connectivity index (χ1v) is 13.0. The van der Waals surface area contributed by atoms with Crippen LogP contribution in [0.1, 0.15) is 41.5 Å². The maximum absolute atomic E-state index is 11.6. The number of carbonyl (C=O) groups is 1. The van der Waals surface area contributed by atoms with E-state index >= 15 is 0 Å². The minimum Gasteiger partial charge on any atom is -0.493 e. The summed E-state index contributed by atoms with van der Waals surface area (Å²) in [4.78, 5) is 22.5. The zero-order valence-electron chi connectivity index (χ0n) is 20.4. The maximum Gasteiger partial charge on any atom is 0.333 e. The first-order valence-electron chi connectivity index (χ1n) is 12.1. The van der Waals surface area contributed by atoms with Crippen LogP contribution in [0.15, 0.2) is 24.3 Å². The largest absolute Gasteiger partial charge is 0.493 e. The SMILES string of the molecule is CCOC(CC1=CCCc2c(OCCc3nc(N4CCN(C)CC4)sc3C)cccc21)C(=O)O. The van der Waals surface area contributed by atoms with Gasteiger partial charge in [-0.3, -0.25) is 0 Å². The van der Waals surface area contributed by atoms with Crippen molar-refractivity contribution in [2.75, 3.05) is 51.3 Å². The molecule has 184 valence electrons. The molecule has 2 heterocycles. The van der Waals surface area contributed by atoms with E-state index in [4.69, 9.17) is 14.5 Å². The lowest BCUT2D eigenvalue weighted by molar-refractivity contribution is -0.149. The van der Waals surface area contributed by atoms with Crippen molar-refractivity contribution in [2.24, 2.45) is 0 Å². The number of thiazole rings is 1. The van der Waals surface area contributed by atoms with E-state index in [2.05, 4.69) is 35.9 Å². The molecule has 0 spiro atoms. The number of allylic oxidation sites excluding steroid dienone is 1. The first kappa shape index (κ1) is 24.7. The van der Waals surface area contributed by atoms with Gasteiger partial charge in [0, 0.05) is 56.1 Å². The molecule has 1 saturated heterocycles. The molecule has 2 aliphatic rings. The van der Waals surface area contributed by atoms with Crippen molar-refractivity contribution in [2.45, 2.75) is 45.6 Å². The fraction of sp³-hybridized carbons (Fsp3) is 0.538. The van der Waals surface area contributed by atoms with Crippen molar-refractivity contribution in [1.29, 1.82) is 0 Å². The van der Waals surface area contributed by atoms with Gasteiger partial charge >= 0.3 is 5.97 Å². The number of carboxylic acids is 1. The third-order valence-electron chi connectivity index (χ3n) is 6.56. The zero-order chi connectivity index (χ0) is 24.1. The van der Waals surface area contributed by atoms with Gasteiger partial charge in [0.2, 0.25) is 0 Å². The highest BCUT2D eigenvalue weighted by Gasteiger charge is 2.24. The van der Waals surface area contributed by atoms with Crippen LogP contribution in [0.25, 0.3) is 5.57 Å². The Bertz CT molecular complexity index is 1030. The van der Waals surface area contributed by atoms with Crippen LogP contribution in [0.5, 0.6) is 5.75 Å². The van der Waals surface area contributed by atoms with Gasteiger partial charge in [0.1, 0.15) is 5.75 Å². The van der Waals surface area contributed by atoms with Crippen LogP contribution in [0.2, 0.25) is 0 Å². The molecular formula is C26H35N3O4S. The lowest BCUT2D eigenvalue weighted by Gasteiger charge is -2.32. The van der Waals surface area contributed by atoms with Gasteiger partial charge in [0.25, 0.3) is 0 Å². The van der Waals surface area contributed by atoms with E-state index in [9.17, 15) is 9.90 Å². The molecule has 2 aromatic rings. The number of benzene rings is 1. The van der Waals surface area contributed by atoms with Gasteiger partial charge in [-0.15, -0.1) is 11.3 Å². The fourth-order valence-corrected chi connectivity index (χ4v) is 5.61. The number of aromatic nitrogens is 1. The van der Waals surface area contributed by atoms with E-state index in [0.29, 0.717) is 19.6 Å². The van der Waals surface area contributed by atoms with Gasteiger partial charge in [-0.25, -0.2) is 9.78 Å². The number of hydrogen-bond donors (Lipinski definition) is 1. The molecule has 1 aromatic carbocycles. The van der Waals surface area contributed by atoms with Gasteiger partial charge in [-0.2, -0.15) is 0 Å². The van der Waals surface area contributed by atoms with Gasteiger partial charge in [-0.1, -0.05) is 18.2 Å². The highest BCUT2D eigenvalue weighted by molar-refractivity contribution is 7.15. The Morgan fingerprint density at radius 1 is 1.26 bits per heavy atom. The number of fused-ring (bicyclic) bond motifs is 1. The summed E-state index contributed by atoms with van der Waals surface area (Å²) >= 11 is 1.78. The number of nitrogens with zero attached hydrogens (tertiary/aromatic N) is 3. The highest BCUT2D eigenvalue weighted by atomic mass is 32.1. The van der Waals surface area contributed by atoms with Crippen molar-refractivity contribution < 1.29 is 19.4 Å². The molecule has 34 heavy (non-hydrogen) atoms. The summed E-state index contributed by atoms with van der Waals surface area (Å²) in [5, 5.41) is 10.6. The molecule has 0 bridgehead atoms. The number of likely N-dealkylation sites (N-methyl/N-ethyl adjacent to an activating group) is 1. The summed E-state index contributed by atoms with van der Waals surface area (Å²) < 4.78 is 11.7. The van der Waals surface area contributed by atoms with E-state index in [0.717, 1.165) is 78.7 Å². The number of carboxylic acid groups (broad SMARTS) is 1. The minimum absolute atomic E-state index is 0.368. The summed E-state index contributed by atoms with van der Waals surface area (Å²) in [5.74, 6) is -0.0320. The second kappa shape index (κ2) is 11.3. The molecule has 0 amide bonds. The molecule has 0 saturated carbocycles. The van der Waals surface area contributed by atoms with Crippen LogP contribution in [-0.2, 0) is 22.4 Å². The number of aryl methyl sites for hydroxylation is 1. The lowest BCUT2D eigenvalue weighted by Crippen LogP contribution is -2.44. The number of aliphatic carboxylic acids is 1. The van der Waals surface area contributed by atoms with E-state index < -0.39 is 12.1 Å². The molecule has 4 rings (SSSR count). The Hall–Kier alpha value is -2.42. The Morgan fingerprint density at radius 2 is 2.06 bits per heavy atom. The zero-order valence-corrected chi connectivity index (χ0v) is 21.2. The Balaban J connectivity index is 1.40. The normalized spacial score (nSPS) is 17.3. The van der Waals surface area contributed by atoms with Gasteiger partial charge in [-0.05, 0) is 50.9 Å². The molecule has 7 nitrogen and oxygen atoms in total. The average molecular weight is 486 g/mol. The molecule has 1 atom stereocenters. The summed E-state index contributed by atoms with van der Waals surface area (Å²) in [5.41, 5.74) is 4.38. The third kappa shape index (κ3) is 5.79. The van der Waals surface area contributed by atoms with Crippen molar-refractivity contribution in [3.05, 3.63) is 46.0 Å². The molecule has 1 fully saturated rings. The fourth-order valence-electron chi connectivity index (χ4n) is 4.61. The van der Waals surface area contributed by atoms with Crippen LogP contribution in [0, 0.1) is 6.92 Å². The van der Waals surface area contributed by atoms with Crippen LogP contribution in [0.3, 0.4) is 0 Å². The van der Waals surface area contributed by atoms with Gasteiger partial charge < -0.3 is 24.4 Å². The van der Waals surface area contributed by atoms with Crippen molar-refractivity contribution in [3.8, 4) is 5.75 Å². The molecule has 1 N–H and O–H groups in total. The molecule has 1 aliphatic carbocycles. The summed E-state index contributed by atoms with van der Waals surface area (Å²) in [6, 6.07) is 6.07. The summed E-state index contributed by atoms with van der Waals surface area (Å²) in [6.45, 7) is 9.12. The predicted octanol–water partition coefficient (Wildman–Crippen LogP) is 4.03. The van der Waals surface area contributed by atoms with Gasteiger partial charge in [0.15, 0.2) is 11.2 Å². The maximum atomic E-state index is 11.6. The molecule has 1 aromatic heterocycles. The monoisotopic (exact) mass is 485 g/mol. The molecule has 8 heteroatoms. The molecular weight excluding hydrogens is 450 g/mol. The second-order valence-corrected chi connectivity index (χ2v) is 10.1. The standard InChI is InChI=1S/C26H35N3O4S/c1-4-32-24(25(30)31)17-19-7-5-9-21-20(19)8-6-10-23(21)33-16-11-22-18(2)34-26(27-22)29-14-12-28(3)13-15-29/h6-8,10,24H,4-5,9,11-17H2,1-3H3,(H,30,31). The Kier molecular flexibility index (Phi) is 8.24. The van der Waals surface area contributed by atoms with Crippen LogP contribution < -0.4 is 9.64 Å². The smallest absolute Gasteiger partial charge is 0.333 e.